The maximum atomic E-state index is 11.8. The summed E-state index contributed by atoms with van der Waals surface area (Å²) in [4.78, 5) is 15.9. The Morgan fingerprint density at radius 3 is 3.10 bits per heavy atom. The number of hydrogen-bond donors (Lipinski definition) is 1. The lowest BCUT2D eigenvalue weighted by atomic mass is 10.2. The molecule has 0 fully saturated rings. The third kappa shape index (κ3) is 3.11. The van der Waals surface area contributed by atoms with Gasteiger partial charge in [0.2, 0.25) is 5.91 Å². The van der Waals surface area contributed by atoms with E-state index in [1.807, 2.05) is 12.1 Å². The third-order valence-electron chi connectivity index (χ3n) is 2.70. The van der Waals surface area contributed by atoms with Gasteiger partial charge < -0.3 is 9.84 Å². The molecule has 21 heavy (non-hydrogen) atoms. The average molecular weight is 284 g/mol. The fourth-order valence-electron chi connectivity index (χ4n) is 1.78. The van der Waals surface area contributed by atoms with Gasteiger partial charge in [0, 0.05) is 24.0 Å². The Morgan fingerprint density at radius 1 is 1.48 bits per heavy atom. The summed E-state index contributed by atoms with van der Waals surface area (Å²) >= 11 is 0. The number of aromatic nitrogens is 5. The first kappa shape index (κ1) is 13.0. The standard InChI is InChI=1S/C13H12N6O2/c1-9-5-12(17-21-9)15-13(20)8-19-7-11(16-18-19)10-3-2-4-14-6-10/h2-7H,8H2,1H3,(H,15,17,20). The van der Waals surface area contributed by atoms with Crippen molar-refractivity contribution in [2.75, 3.05) is 5.32 Å². The van der Waals surface area contributed by atoms with E-state index in [0.717, 1.165) is 5.56 Å². The van der Waals surface area contributed by atoms with Crippen LogP contribution in [0.3, 0.4) is 0 Å². The van der Waals surface area contributed by atoms with Gasteiger partial charge in [-0.05, 0) is 19.1 Å². The molecule has 0 radical (unpaired) electrons. The summed E-state index contributed by atoms with van der Waals surface area (Å²) in [5, 5.41) is 14.2. The monoisotopic (exact) mass is 284 g/mol. The predicted molar refractivity (Wildman–Crippen MR) is 73.1 cm³/mol. The number of pyridine rings is 1. The number of hydrogen-bond acceptors (Lipinski definition) is 6. The van der Waals surface area contributed by atoms with Gasteiger partial charge in [-0.3, -0.25) is 9.78 Å². The summed E-state index contributed by atoms with van der Waals surface area (Å²) in [6, 6.07) is 5.33. The summed E-state index contributed by atoms with van der Waals surface area (Å²) in [6.45, 7) is 1.79. The molecule has 3 rings (SSSR count). The summed E-state index contributed by atoms with van der Waals surface area (Å²) < 4.78 is 6.32. The highest BCUT2D eigenvalue weighted by Crippen LogP contribution is 2.13. The lowest BCUT2D eigenvalue weighted by Gasteiger charge is -2.00. The Labute approximate surface area is 119 Å². The topological polar surface area (TPSA) is 98.7 Å². The van der Waals surface area contributed by atoms with Gasteiger partial charge in [0.15, 0.2) is 5.82 Å². The molecule has 0 aliphatic carbocycles. The molecule has 0 atom stereocenters. The molecule has 8 heteroatoms. The van der Waals surface area contributed by atoms with Crippen LogP contribution in [0.2, 0.25) is 0 Å². The number of anilines is 1. The van der Waals surface area contributed by atoms with E-state index in [2.05, 4.69) is 25.8 Å². The zero-order valence-corrected chi connectivity index (χ0v) is 11.2. The predicted octanol–water partition coefficient (Wildman–Crippen LogP) is 1.28. The van der Waals surface area contributed by atoms with Crippen molar-refractivity contribution in [1.82, 2.24) is 25.1 Å². The quantitative estimate of drug-likeness (QED) is 0.774. The third-order valence-corrected chi connectivity index (χ3v) is 2.70. The van der Waals surface area contributed by atoms with Gasteiger partial charge in [0.25, 0.3) is 0 Å². The largest absolute Gasteiger partial charge is 0.360 e. The number of nitrogens with one attached hydrogen (secondary N) is 1. The molecule has 106 valence electrons. The minimum atomic E-state index is -0.258. The Morgan fingerprint density at radius 2 is 2.38 bits per heavy atom. The molecule has 0 aliphatic heterocycles. The normalized spacial score (nSPS) is 10.5. The molecule has 0 unspecified atom stereocenters. The Kier molecular flexibility index (Phi) is 3.42. The van der Waals surface area contributed by atoms with Crippen LogP contribution >= 0.6 is 0 Å². The first-order valence-electron chi connectivity index (χ1n) is 6.24. The van der Waals surface area contributed by atoms with Crippen molar-refractivity contribution in [3.63, 3.8) is 0 Å². The van der Waals surface area contributed by atoms with E-state index in [0.29, 0.717) is 17.3 Å². The molecule has 0 aromatic carbocycles. The highest BCUT2D eigenvalue weighted by Gasteiger charge is 2.09. The first-order valence-corrected chi connectivity index (χ1v) is 6.24. The van der Waals surface area contributed by atoms with Gasteiger partial charge in [-0.1, -0.05) is 10.4 Å². The van der Waals surface area contributed by atoms with Gasteiger partial charge in [0.05, 0.1) is 6.20 Å². The van der Waals surface area contributed by atoms with E-state index in [1.165, 1.54) is 4.68 Å². The summed E-state index contributed by atoms with van der Waals surface area (Å²) in [5.41, 5.74) is 1.50. The molecule has 0 saturated heterocycles. The van der Waals surface area contributed by atoms with E-state index in [-0.39, 0.29) is 12.5 Å². The second-order valence-electron chi connectivity index (χ2n) is 4.41. The smallest absolute Gasteiger partial charge is 0.247 e. The number of nitrogens with zero attached hydrogens (tertiary/aromatic N) is 5. The maximum absolute atomic E-state index is 11.8. The Balaban J connectivity index is 1.66. The number of carbonyl (C=O) groups is 1. The van der Waals surface area contributed by atoms with Crippen LogP contribution in [0, 0.1) is 6.92 Å². The fraction of sp³-hybridized carbons (Fsp3) is 0.154. The average Bonchev–Trinajstić information content (AvgIpc) is 3.09. The van der Waals surface area contributed by atoms with Crippen molar-refractivity contribution in [3.8, 4) is 11.3 Å². The maximum Gasteiger partial charge on any atom is 0.247 e. The Bertz CT molecular complexity index is 749. The van der Waals surface area contributed by atoms with Crippen LogP contribution in [0.5, 0.6) is 0 Å². The van der Waals surface area contributed by atoms with Crippen molar-refractivity contribution < 1.29 is 9.32 Å². The second kappa shape index (κ2) is 5.53. The van der Waals surface area contributed by atoms with Crippen LogP contribution in [-0.4, -0.2) is 31.0 Å². The van der Waals surface area contributed by atoms with Crippen molar-refractivity contribution in [1.29, 1.82) is 0 Å². The highest BCUT2D eigenvalue weighted by molar-refractivity contribution is 5.89. The number of rotatable bonds is 4. The van der Waals surface area contributed by atoms with Crippen LogP contribution in [0.1, 0.15) is 5.76 Å². The number of aryl methyl sites for hydroxylation is 1. The van der Waals surface area contributed by atoms with Gasteiger partial charge in [-0.2, -0.15) is 0 Å². The number of amides is 1. The first-order chi connectivity index (χ1) is 10.2. The molecule has 0 saturated carbocycles. The van der Waals surface area contributed by atoms with E-state index < -0.39 is 0 Å². The lowest BCUT2D eigenvalue weighted by molar-refractivity contribution is -0.117. The van der Waals surface area contributed by atoms with Crippen molar-refractivity contribution in [2.45, 2.75) is 13.5 Å². The van der Waals surface area contributed by atoms with E-state index in [4.69, 9.17) is 4.52 Å². The van der Waals surface area contributed by atoms with Crippen molar-refractivity contribution in [2.24, 2.45) is 0 Å². The van der Waals surface area contributed by atoms with Crippen LogP contribution < -0.4 is 5.32 Å². The molecule has 0 bridgehead atoms. The van der Waals surface area contributed by atoms with Crippen molar-refractivity contribution >= 4 is 11.7 Å². The zero-order chi connectivity index (χ0) is 14.7. The number of carbonyl (C=O) groups excluding carboxylic acids is 1. The van der Waals surface area contributed by atoms with Crippen LogP contribution in [0.15, 0.2) is 41.3 Å². The van der Waals surface area contributed by atoms with Gasteiger partial charge in [-0.25, -0.2) is 4.68 Å². The molecular formula is C13H12N6O2. The minimum Gasteiger partial charge on any atom is -0.360 e. The summed E-state index contributed by atoms with van der Waals surface area (Å²) in [7, 11) is 0. The molecule has 0 spiro atoms. The molecule has 3 aromatic heterocycles. The van der Waals surface area contributed by atoms with Crippen LogP contribution in [0.4, 0.5) is 5.82 Å². The molecule has 1 amide bonds. The van der Waals surface area contributed by atoms with E-state index in [1.54, 1.807) is 31.6 Å². The van der Waals surface area contributed by atoms with Gasteiger partial charge in [0.1, 0.15) is 18.0 Å². The van der Waals surface area contributed by atoms with Gasteiger partial charge >= 0.3 is 0 Å². The summed E-state index contributed by atoms with van der Waals surface area (Å²) in [5.74, 6) is 0.751. The minimum absolute atomic E-state index is 0.0408. The fourth-order valence-corrected chi connectivity index (χ4v) is 1.78. The molecule has 0 aliphatic rings. The molecular weight excluding hydrogens is 272 g/mol. The lowest BCUT2D eigenvalue weighted by Crippen LogP contribution is -2.19. The molecule has 8 nitrogen and oxygen atoms in total. The summed E-state index contributed by atoms with van der Waals surface area (Å²) in [6.07, 6.45) is 5.05. The molecule has 3 heterocycles. The second-order valence-corrected chi connectivity index (χ2v) is 4.41. The van der Waals surface area contributed by atoms with Crippen LogP contribution in [0.25, 0.3) is 11.3 Å². The molecule has 1 N–H and O–H groups in total. The van der Waals surface area contributed by atoms with Crippen molar-refractivity contribution in [3.05, 3.63) is 42.5 Å². The Hall–Kier alpha value is -3.03. The van der Waals surface area contributed by atoms with E-state index in [9.17, 15) is 4.79 Å². The SMILES string of the molecule is Cc1cc(NC(=O)Cn2cc(-c3cccnc3)nn2)no1. The van der Waals surface area contributed by atoms with E-state index >= 15 is 0 Å². The molecule has 3 aromatic rings. The van der Waals surface area contributed by atoms with Crippen LogP contribution in [-0.2, 0) is 11.3 Å². The van der Waals surface area contributed by atoms with Gasteiger partial charge in [-0.15, -0.1) is 5.10 Å². The zero-order valence-electron chi connectivity index (χ0n) is 11.2. The highest BCUT2D eigenvalue weighted by atomic mass is 16.5.